The van der Waals surface area contributed by atoms with Crippen LogP contribution in [0.1, 0.15) is 5.56 Å². The van der Waals surface area contributed by atoms with E-state index in [1.54, 1.807) is 0 Å². The highest BCUT2D eigenvalue weighted by Gasteiger charge is 2.16. The molecule has 2 N–H and O–H groups in total. The number of anilines is 1. The molecule has 0 saturated carbocycles. The Labute approximate surface area is 151 Å². The third-order valence-corrected chi connectivity index (χ3v) is 5.86. The van der Waals surface area contributed by atoms with Gasteiger partial charge in [0.15, 0.2) is 0 Å². The number of benzene rings is 2. The molecular formula is C19H20ClN3S. The van der Waals surface area contributed by atoms with Gasteiger partial charge < -0.3 is 15.2 Å². The van der Waals surface area contributed by atoms with Gasteiger partial charge in [-0.1, -0.05) is 41.6 Å². The number of aromatic nitrogens is 1. The summed E-state index contributed by atoms with van der Waals surface area (Å²) >= 11 is 8.10. The van der Waals surface area contributed by atoms with Crippen LogP contribution in [0.3, 0.4) is 0 Å². The molecule has 2 aromatic carbocycles. The van der Waals surface area contributed by atoms with Crippen LogP contribution in [0.2, 0.25) is 5.02 Å². The van der Waals surface area contributed by atoms with Gasteiger partial charge in [0, 0.05) is 47.6 Å². The minimum Gasteiger partial charge on any atom is -0.368 e. The minimum atomic E-state index is 0.769. The summed E-state index contributed by atoms with van der Waals surface area (Å²) in [6.07, 6.45) is 2.06. The maximum Gasteiger partial charge on any atom is 0.0655 e. The van der Waals surface area contributed by atoms with Crippen LogP contribution in [0.4, 0.5) is 5.69 Å². The number of para-hydroxylation sites is 1. The molecule has 2 heterocycles. The van der Waals surface area contributed by atoms with Crippen LogP contribution in [0, 0.1) is 6.92 Å². The summed E-state index contributed by atoms with van der Waals surface area (Å²) in [5, 5.41) is 5.38. The molecule has 1 aromatic heterocycles. The van der Waals surface area contributed by atoms with Crippen molar-refractivity contribution in [2.24, 2.45) is 0 Å². The van der Waals surface area contributed by atoms with E-state index >= 15 is 0 Å². The Hall–Kier alpha value is -1.62. The Morgan fingerprint density at radius 2 is 1.92 bits per heavy atom. The summed E-state index contributed by atoms with van der Waals surface area (Å²) in [4.78, 5) is 8.30. The van der Waals surface area contributed by atoms with Crippen LogP contribution < -0.4 is 10.2 Å². The topological polar surface area (TPSA) is 31.1 Å². The van der Waals surface area contributed by atoms with Crippen LogP contribution in [-0.2, 0) is 0 Å². The number of hydrogen-bond donors (Lipinski definition) is 2. The van der Waals surface area contributed by atoms with Gasteiger partial charge in [-0.3, -0.25) is 0 Å². The van der Waals surface area contributed by atoms with Crippen molar-refractivity contribution in [3.63, 3.8) is 0 Å². The molecule has 1 fully saturated rings. The maximum absolute atomic E-state index is 6.29. The van der Waals surface area contributed by atoms with Gasteiger partial charge in [-0.2, -0.15) is 0 Å². The van der Waals surface area contributed by atoms with E-state index in [0.717, 1.165) is 36.7 Å². The summed E-state index contributed by atoms with van der Waals surface area (Å²) in [5.74, 6) is 0. The molecular weight excluding hydrogens is 338 g/mol. The van der Waals surface area contributed by atoms with E-state index in [-0.39, 0.29) is 0 Å². The number of H-pyrrole nitrogens is 1. The normalized spacial score (nSPS) is 15.2. The van der Waals surface area contributed by atoms with Crippen LogP contribution in [0.5, 0.6) is 0 Å². The van der Waals surface area contributed by atoms with Crippen molar-refractivity contribution in [1.82, 2.24) is 10.3 Å². The monoisotopic (exact) mass is 357 g/mol. The van der Waals surface area contributed by atoms with E-state index in [0.29, 0.717) is 0 Å². The summed E-state index contributed by atoms with van der Waals surface area (Å²) in [7, 11) is 0. The first-order valence-electron chi connectivity index (χ1n) is 8.22. The fourth-order valence-corrected chi connectivity index (χ4v) is 4.45. The second-order valence-electron chi connectivity index (χ2n) is 6.13. The largest absolute Gasteiger partial charge is 0.368 e. The average Bonchev–Trinajstić information content (AvgIpc) is 3.02. The van der Waals surface area contributed by atoms with Crippen LogP contribution in [0.15, 0.2) is 52.4 Å². The van der Waals surface area contributed by atoms with Crippen molar-refractivity contribution in [3.8, 4) is 0 Å². The van der Waals surface area contributed by atoms with E-state index < -0.39 is 0 Å². The van der Waals surface area contributed by atoms with Crippen molar-refractivity contribution in [3.05, 3.63) is 53.2 Å². The summed E-state index contributed by atoms with van der Waals surface area (Å²) < 4.78 is 0. The summed E-state index contributed by atoms with van der Waals surface area (Å²) in [6, 6.07) is 12.8. The van der Waals surface area contributed by atoms with Crippen molar-refractivity contribution in [2.45, 2.75) is 16.7 Å². The molecule has 3 aromatic rings. The second-order valence-corrected chi connectivity index (χ2v) is 7.62. The molecule has 5 heteroatoms. The molecule has 0 bridgehead atoms. The number of nitrogens with zero attached hydrogens (tertiary/aromatic N) is 1. The van der Waals surface area contributed by atoms with Crippen LogP contribution in [0.25, 0.3) is 10.9 Å². The number of fused-ring (bicyclic) bond motifs is 1. The first-order valence-corrected chi connectivity index (χ1v) is 9.41. The van der Waals surface area contributed by atoms with Crippen molar-refractivity contribution in [1.29, 1.82) is 0 Å². The Kier molecular flexibility index (Phi) is 4.44. The fraction of sp³-hybridized carbons (Fsp3) is 0.263. The lowest BCUT2D eigenvalue weighted by molar-refractivity contribution is 0.587. The number of nitrogens with one attached hydrogen (secondary N) is 2. The molecule has 24 heavy (non-hydrogen) atoms. The summed E-state index contributed by atoms with van der Waals surface area (Å²) in [5.41, 5.74) is 3.64. The van der Waals surface area contributed by atoms with Crippen molar-refractivity contribution < 1.29 is 0 Å². The first-order chi connectivity index (χ1) is 11.7. The van der Waals surface area contributed by atoms with E-state index in [1.165, 1.54) is 26.4 Å². The highest BCUT2D eigenvalue weighted by Crippen LogP contribution is 2.40. The van der Waals surface area contributed by atoms with E-state index in [2.05, 4.69) is 52.6 Å². The lowest BCUT2D eigenvalue weighted by Crippen LogP contribution is -2.43. The number of aryl methyl sites for hydroxylation is 1. The lowest BCUT2D eigenvalue weighted by Gasteiger charge is -2.31. The van der Waals surface area contributed by atoms with Crippen LogP contribution in [-0.4, -0.2) is 31.2 Å². The smallest absolute Gasteiger partial charge is 0.0655 e. The van der Waals surface area contributed by atoms with Gasteiger partial charge >= 0.3 is 0 Å². The Balaban J connectivity index is 1.72. The molecule has 3 nitrogen and oxygen atoms in total. The number of rotatable bonds is 3. The van der Waals surface area contributed by atoms with E-state index in [9.17, 15) is 0 Å². The molecule has 0 aliphatic carbocycles. The van der Waals surface area contributed by atoms with Gasteiger partial charge in [-0.05, 0) is 30.7 Å². The third kappa shape index (κ3) is 3.02. The second kappa shape index (κ2) is 6.71. The first kappa shape index (κ1) is 15.9. The Morgan fingerprint density at radius 1 is 1.08 bits per heavy atom. The molecule has 4 rings (SSSR count). The number of piperazine rings is 1. The quantitative estimate of drug-likeness (QED) is 0.713. The molecule has 124 valence electrons. The predicted molar refractivity (Wildman–Crippen MR) is 104 cm³/mol. The predicted octanol–water partition coefficient (Wildman–Crippen LogP) is 4.69. The fourth-order valence-electron chi connectivity index (χ4n) is 3.16. The number of aromatic amines is 1. The average molecular weight is 358 g/mol. The number of hydrogen-bond acceptors (Lipinski definition) is 3. The Bertz CT molecular complexity index is 868. The molecule has 1 aliphatic heterocycles. The third-order valence-electron chi connectivity index (χ3n) is 4.42. The maximum atomic E-state index is 6.29. The van der Waals surface area contributed by atoms with Gasteiger partial charge in [-0.15, -0.1) is 0 Å². The highest BCUT2D eigenvalue weighted by molar-refractivity contribution is 7.99. The lowest BCUT2D eigenvalue weighted by atomic mass is 10.2. The van der Waals surface area contributed by atoms with Gasteiger partial charge in [-0.25, -0.2) is 0 Å². The summed E-state index contributed by atoms with van der Waals surface area (Å²) in [6.45, 7) is 6.35. The molecule has 0 spiro atoms. The van der Waals surface area contributed by atoms with Gasteiger partial charge in [0.1, 0.15) is 0 Å². The van der Waals surface area contributed by atoms with Crippen molar-refractivity contribution in [2.75, 3.05) is 31.1 Å². The molecule has 0 radical (unpaired) electrons. The van der Waals surface area contributed by atoms with E-state index in [4.69, 9.17) is 11.6 Å². The van der Waals surface area contributed by atoms with Crippen molar-refractivity contribution >= 4 is 40.0 Å². The highest BCUT2D eigenvalue weighted by atomic mass is 35.5. The van der Waals surface area contributed by atoms with E-state index in [1.807, 2.05) is 23.9 Å². The SMILES string of the molecule is Cc1ccc(Sc2c[nH]c3c(Cl)cccc23)c(N2CCNCC2)c1. The van der Waals surface area contributed by atoms with Gasteiger partial charge in [0.25, 0.3) is 0 Å². The molecule has 1 aliphatic rings. The zero-order chi connectivity index (χ0) is 16.5. The molecule has 0 atom stereocenters. The van der Waals surface area contributed by atoms with Gasteiger partial charge in [0.2, 0.25) is 0 Å². The Morgan fingerprint density at radius 3 is 2.75 bits per heavy atom. The minimum absolute atomic E-state index is 0.769. The van der Waals surface area contributed by atoms with Crippen LogP contribution >= 0.6 is 23.4 Å². The number of halogens is 1. The standard InChI is InChI=1S/C19H20ClN3S/c1-13-5-6-17(16(11-13)23-9-7-21-8-10-23)24-18-12-22-19-14(18)3-2-4-15(19)20/h2-6,11-12,21-22H,7-10H2,1H3. The van der Waals surface area contributed by atoms with Gasteiger partial charge in [0.05, 0.1) is 16.2 Å². The zero-order valence-electron chi connectivity index (χ0n) is 13.6. The molecule has 0 amide bonds. The zero-order valence-corrected chi connectivity index (χ0v) is 15.2. The molecule has 1 saturated heterocycles. The molecule has 0 unspecified atom stereocenters.